The van der Waals surface area contributed by atoms with Crippen molar-refractivity contribution in [2.45, 2.75) is 43.7 Å². The molecule has 1 amide bonds. The highest BCUT2D eigenvalue weighted by molar-refractivity contribution is 5.83. The van der Waals surface area contributed by atoms with Crippen LogP contribution in [-0.2, 0) is 19.9 Å². The van der Waals surface area contributed by atoms with Crippen molar-refractivity contribution in [3.05, 3.63) is 167 Å². The number of hydrogen-bond acceptors (Lipinski definition) is 5. The zero-order valence-corrected chi connectivity index (χ0v) is 26.6. The van der Waals surface area contributed by atoms with Crippen molar-refractivity contribution in [3.8, 4) is 11.1 Å². The molecule has 1 aliphatic rings. The third-order valence-electron chi connectivity index (χ3n) is 8.94. The molecule has 0 radical (unpaired) electrons. The predicted molar refractivity (Wildman–Crippen MR) is 185 cm³/mol. The number of nitrogens with two attached hydrogens (primary N) is 1. The summed E-state index contributed by atoms with van der Waals surface area (Å²) in [4.78, 5) is 27.8. The molecule has 47 heavy (non-hydrogen) atoms. The molecule has 0 saturated carbocycles. The lowest BCUT2D eigenvalue weighted by molar-refractivity contribution is -0.156. The highest BCUT2D eigenvalue weighted by atomic mass is 16.6. The van der Waals surface area contributed by atoms with E-state index in [1.807, 2.05) is 116 Å². The topological polar surface area (TPSA) is 90.6 Å². The Morgan fingerprint density at radius 1 is 0.702 bits per heavy atom. The first-order chi connectivity index (χ1) is 23.0. The largest absolute Gasteiger partial charge is 0.449 e. The minimum Gasteiger partial charge on any atom is -0.449 e. The molecule has 0 heterocycles. The monoisotopic (exact) mass is 624 g/mol. The van der Waals surface area contributed by atoms with Crippen LogP contribution >= 0.6 is 0 Å². The van der Waals surface area contributed by atoms with E-state index in [1.54, 1.807) is 0 Å². The lowest BCUT2D eigenvalue weighted by atomic mass is 9.79. The van der Waals surface area contributed by atoms with Gasteiger partial charge in [-0.05, 0) is 55.0 Å². The molecular formula is C41H40N2O4. The molecule has 0 bridgehead atoms. The second-order valence-electron chi connectivity index (χ2n) is 12.0. The lowest BCUT2D eigenvalue weighted by Crippen LogP contribution is -2.46. The minimum atomic E-state index is -1.26. The molecule has 5 aromatic carbocycles. The van der Waals surface area contributed by atoms with Gasteiger partial charge >= 0.3 is 12.1 Å². The van der Waals surface area contributed by atoms with E-state index in [2.05, 4.69) is 29.6 Å². The van der Waals surface area contributed by atoms with E-state index in [1.165, 1.54) is 0 Å². The fourth-order valence-corrected chi connectivity index (χ4v) is 6.56. The first kappa shape index (κ1) is 31.8. The van der Waals surface area contributed by atoms with Crippen LogP contribution in [0.4, 0.5) is 4.79 Å². The van der Waals surface area contributed by atoms with Crippen LogP contribution in [0.2, 0.25) is 0 Å². The number of hydrogen-bond donors (Lipinski definition) is 2. The summed E-state index contributed by atoms with van der Waals surface area (Å²) in [7, 11) is 0. The van der Waals surface area contributed by atoms with Gasteiger partial charge in [-0.2, -0.15) is 0 Å². The van der Waals surface area contributed by atoms with Crippen molar-refractivity contribution >= 4 is 12.1 Å². The van der Waals surface area contributed by atoms with E-state index in [9.17, 15) is 9.59 Å². The summed E-state index contributed by atoms with van der Waals surface area (Å²) < 4.78 is 12.5. The summed E-state index contributed by atoms with van der Waals surface area (Å²) in [5.41, 5.74) is 12.6. The highest BCUT2D eigenvalue weighted by Crippen LogP contribution is 2.45. The Balaban J connectivity index is 1.28. The molecule has 238 valence electrons. The van der Waals surface area contributed by atoms with Gasteiger partial charge in [0.1, 0.15) is 12.6 Å². The summed E-state index contributed by atoms with van der Waals surface area (Å²) in [5.74, 6) is -0.648. The van der Waals surface area contributed by atoms with Gasteiger partial charge in [-0.15, -0.1) is 0 Å². The molecule has 0 fully saturated rings. The molecule has 1 aliphatic carbocycles. The van der Waals surface area contributed by atoms with Crippen LogP contribution in [0.1, 0.15) is 58.6 Å². The average Bonchev–Trinajstić information content (AvgIpc) is 3.44. The average molecular weight is 625 g/mol. The Morgan fingerprint density at radius 3 is 1.77 bits per heavy atom. The van der Waals surface area contributed by atoms with E-state index >= 15 is 0 Å². The lowest BCUT2D eigenvalue weighted by Gasteiger charge is -2.36. The van der Waals surface area contributed by atoms with Gasteiger partial charge in [-0.1, -0.05) is 139 Å². The fraction of sp³-hybridized carbons (Fsp3) is 0.220. The normalized spacial score (nSPS) is 12.9. The zero-order valence-electron chi connectivity index (χ0n) is 26.6. The number of alkyl carbamates (subject to hydrolysis) is 1. The van der Waals surface area contributed by atoms with Gasteiger partial charge in [0, 0.05) is 22.6 Å². The molecule has 0 unspecified atom stereocenters. The van der Waals surface area contributed by atoms with Gasteiger partial charge in [-0.3, -0.25) is 0 Å². The third-order valence-corrected chi connectivity index (χ3v) is 8.94. The minimum absolute atomic E-state index is 0.0962. The molecule has 1 atom stereocenters. The first-order valence-electron chi connectivity index (χ1n) is 16.2. The SMILES string of the molecule is Cc1ccc(C(OC(=O)[C@H](CCCCN)NC(=O)OCC2c3ccccc3-c3ccccc32)(c2ccccc2)c2ccccc2)cc1. The number of aryl methyl sites for hydroxylation is 1. The Morgan fingerprint density at radius 2 is 1.21 bits per heavy atom. The van der Waals surface area contributed by atoms with Gasteiger partial charge in [0.2, 0.25) is 0 Å². The highest BCUT2D eigenvalue weighted by Gasteiger charge is 2.42. The predicted octanol–water partition coefficient (Wildman–Crippen LogP) is 7.87. The molecule has 0 aromatic heterocycles. The van der Waals surface area contributed by atoms with Gasteiger partial charge in [0.05, 0.1) is 0 Å². The molecule has 5 aromatic rings. The van der Waals surface area contributed by atoms with Gasteiger partial charge in [0.25, 0.3) is 0 Å². The van der Waals surface area contributed by atoms with E-state index in [0.717, 1.165) is 44.5 Å². The van der Waals surface area contributed by atoms with Crippen LogP contribution in [0, 0.1) is 6.92 Å². The van der Waals surface area contributed by atoms with Crippen molar-refractivity contribution in [1.29, 1.82) is 0 Å². The smallest absolute Gasteiger partial charge is 0.407 e. The molecule has 6 rings (SSSR count). The third kappa shape index (κ3) is 6.69. The number of fused-ring (bicyclic) bond motifs is 3. The molecule has 6 nitrogen and oxygen atoms in total. The summed E-state index contributed by atoms with van der Waals surface area (Å²) in [5, 5.41) is 2.86. The Hall–Kier alpha value is -5.20. The molecule has 0 aliphatic heterocycles. The summed E-state index contributed by atoms with van der Waals surface area (Å²) in [6.45, 7) is 2.65. The second-order valence-corrected chi connectivity index (χ2v) is 12.0. The van der Waals surface area contributed by atoms with Crippen LogP contribution in [0.15, 0.2) is 133 Å². The van der Waals surface area contributed by atoms with E-state index in [-0.39, 0.29) is 12.5 Å². The van der Waals surface area contributed by atoms with Crippen LogP contribution in [-0.4, -0.2) is 31.3 Å². The van der Waals surface area contributed by atoms with Gasteiger partial charge in [0.15, 0.2) is 5.60 Å². The molecule has 6 heteroatoms. The molecule has 0 saturated heterocycles. The maximum Gasteiger partial charge on any atom is 0.407 e. The number of nitrogens with one attached hydrogen (secondary N) is 1. The quantitative estimate of drug-likeness (QED) is 0.0838. The van der Waals surface area contributed by atoms with Crippen molar-refractivity contribution in [2.75, 3.05) is 13.2 Å². The number of amides is 1. The van der Waals surface area contributed by atoms with E-state index in [4.69, 9.17) is 15.2 Å². The van der Waals surface area contributed by atoms with E-state index in [0.29, 0.717) is 25.8 Å². The first-order valence-corrected chi connectivity index (χ1v) is 16.2. The summed E-state index contributed by atoms with van der Waals surface area (Å²) >= 11 is 0. The molecule has 3 N–H and O–H groups in total. The van der Waals surface area contributed by atoms with E-state index < -0.39 is 23.7 Å². The Bertz CT molecular complexity index is 1720. The van der Waals surface area contributed by atoms with Gasteiger partial charge < -0.3 is 20.5 Å². The number of benzene rings is 5. The number of unbranched alkanes of at least 4 members (excludes halogenated alkanes) is 1. The van der Waals surface area contributed by atoms with Crippen LogP contribution in [0.25, 0.3) is 11.1 Å². The Labute approximate surface area is 276 Å². The number of rotatable bonds is 12. The van der Waals surface area contributed by atoms with Gasteiger partial charge in [-0.25, -0.2) is 9.59 Å². The number of carbonyl (C=O) groups is 2. The van der Waals surface area contributed by atoms with Crippen molar-refractivity contribution in [1.82, 2.24) is 5.32 Å². The number of carbonyl (C=O) groups excluding carboxylic acids is 2. The number of ether oxygens (including phenoxy) is 2. The maximum absolute atomic E-state index is 14.3. The molecular weight excluding hydrogens is 584 g/mol. The maximum atomic E-state index is 14.3. The summed E-state index contributed by atoms with van der Waals surface area (Å²) in [6.07, 6.45) is 1.03. The Kier molecular flexibility index (Phi) is 9.79. The molecule has 0 spiro atoms. The summed E-state index contributed by atoms with van der Waals surface area (Å²) in [6, 6.07) is 42.9. The van der Waals surface area contributed by atoms with Crippen molar-refractivity contribution in [2.24, 2.45) is 5.73 Å². The van der Waals surface area contributed by atoms with Crippen LogP contribution in [0.3, 0.4) is 0 Å². The second kappa shape index (κ2) is 14.5. The zero-order chi connectivity index (χ0) is 32.6. The fourth-order valence-electron chi connectivity index (χ4n) is 6.56. The van der Waals surface area contributed by atoms with Crippen LogP contribution < -0.4 is 11.1 Å². The number of esters is 1. The standard InChI is InChI=1S/C41H40N2O4/c1-29-23-25-32(26-24-29)41(30-14-4-2-5-15-30,31-16-6-3-7-17-31)47-39(44)38(22-12-13-27-42)43-40(45)46-28-37-35-20-10-8-18-33(35)34-19-9-11-21-36(34)37/h2-11,14-21,23-26,37-38H,12-13,22,27-28,42H2,1H3,(H,43,45)/t38-/m0/s1. The van der Waals surface area contributed by atoms with Crippen molar-refractivity contribution < 1.29 is 19.1 Å². The van der Waals surface area contributed by atoms with Crippen molar-refractivity contribution in [3.63, 3.8) is 0 Å². The van der Waals surface area contributed by atoms with Crippen LogP contribution in [0.5, 0.6) is 0 Å².